The summed E-state index contributed by atoms with van der Waals surface area (Å²) >= 11 is 8.71. The quantitative estimate of drug-likeness (QED) is 0.310. The highest BCUT2D eigenvalue weighted by Crippen LogP contribution is 2.36. The largest absolute Gasteiger partial charge is 0.464 e. The lowest BCUT2D eigenvalue weighted by molar-refractivity contribution is -0.115. The van der Waals surface area contributed by atoms with Crippen molar-refractivity contribution >= 4 is 51.6 Å². The Bertz CT molecular complexity index is 1440. The maximum atomic E-state index is 12.4. The van der Waals surface area contributed by atoms with Crippen LogP contribution in [-0.4, -0.2) is 21.6 Å². The molecule has 3 heterocycles. The molecule has 3 N–H and O–H groups in total. The van der Waals surface area contributed by atoms with Crippen LogP contribution in [0.4, 0.5) is 10.9 Å². The van der Waals surface area contributed by atoms with Crippen molar-refractivity contribution in [3.05, 3.63) is 64.2 Å². The zero-order chi connectivity index (χ0) is 24.1. The lowest BCUT2D eigenvalue weighted by atomic mass is 10.0. The lowest BCUT2D eigenvalue weighted by Gasteiger charge is -2.11. The summed E-state index contributed by atoms with van der Waals surface area (Å²) in [5, 5.41) is 25.2. The van der Waals surface area contributed by atoms with Gasteiger partial charge in [0.2, 0.25) is 5.91 Å². The number of nitrogen functional groups attached to an aromatic ring is 1. The fourth-order valence-electron chi connectivity index (χ4n) is 3.12. The first-order chi connectivity index (χ1) is 16.5. The SMILES string of the molecule is N#Cc1c(N)nc(SCCC(=O)Nc2nc(-c3ccccc3Cl)cs2)c(C#N)c1-c1ccco1. The van der Waals surface area contributed by atoms with Gasteiger partial charge in [0, 0.05) is 28.1 Å². The minimum atomic E-state index is -0.237. The van der Waals surface area contributed by atoms with Crippen LogP contribution in [0.25, 0.3) is 22.6 Å². The van der Waals surface area contributed by atoms with Crippen molar-refractivity contribution in [3.63, 3.8) is 0 Å². The Hall–Kier alpha value is -3.83. The summed E-state index contributed by atoms with van der Waals surface area (Å²) in [6, 6.07) is 14.7. The predicted octanol–water partition coefficient (Wildman–Crippen LogP) is 5.56. The maximum absolute atomic E-state index is 12.4. The fraction of sp³-hybridized carbons (Fsp3) is 0.0870. The number of carbonyl (C=O) groups excluding carboxylic acids is 1. The van der Waals surface area contributed by atoms with Crippen LogP contribution in [0.1, 0.15) is 17.5 Å². The number of nitrogens with zero attached hydrogens (tertiary/aromatic N) is 4. The van der Waals surface area contributed by atoms with Crippen LogP contribution in [0.15, 0.2) is 57.5 Å². The van der Waals surface area contributed by atoms with Crippen molar-refractivity contribution < 1.29 is 9.21 Å². The Morgan fingerprint density at radius 2 is 1.97 bits per heavy atom. The molecule has 0 unspecified atom stereocenters. The molecule has 4 aromatic rings. The molecular weight excluding hydrogens is 492 g/mol. The van der Waals surface area contributed by atoms with E-state index in [9.17, 15) is 15.3 Å². The monoisotopic (exact) mass is 506 g/mol. The zero-order valence-electron chi connectivity index (χ0n) is 17.4. The molecule has 0 bridgehead atoms. The summed E-state index contributed by atoms with van der Waals surface area (Å²) in [4.78, 5) is 21.1. The number of carbonyl (C=O) groups is 1. The average Bonchev–Trinajstić information content (AvgIpc) is 3.51. The number of benzene rings is 1. The van der Waals surface area contributed by atoms with E-state index in [1.54, 1.807) is 18.2 Å². The van der Waals surface area contributed by atoms with Crippen molar-refractivity contribution in [2.24, 2.45) is 0 Å². The van der Waals surface area contributed by atoms with Gasteiger partial charge in [-0.05, 0) is 18.2 Å². The molecule has 0 fully saturated rings. The first-order valence-electron chi connectivity index (χ1n) is 9.82. The summed E-state index contributed by atoms with van der Waals surface area (Å²) in [6.45, 7) is 0. The van der Waals surface area contributed by atoms with Crippen LogP contribution < -0.4 is 11.1 Å². The van der Waals surface area contributed by atoms with Gasteiger partial charge in [-0.15, -0.1) is 23.1 Å². The summed E-state index contributed by atoms with van der Waals surface area (Å²) in [5.41, 5.74) is 7.98. The van der Waals surface area contributed by atoms with Crippen LogP contribution in [-0.2, 0) is 4.79 Å². The number of nitrogens with one attached hydrogen (secondary N) is 1. The first kappa shape index (κ1) is 23.3. The maximum Gasteiger partial charge on any atom is 0.226 e. The number of anilines is 2. The molecule has 0 aliphatic carbocycles. The van der Waals surface area contributed by atoms with E-state index in [0.717, 1.165) is 5.56 Å². The summed E-state index contributed by atoms with van der Waals surface area (Å²) in [6.07, 6.45) is 1.59. The first-order valence-corrected chi connectivity index (χ1v) is 12.1. The van der Waals surface area contributed by atoms with Gasteiger partial charge < -0.3 is 15.5 Å². The number of rotatable bonds is 7. The van der Waals surface area contributed by atoms with Gasteiger partial charge in [0.25, 0.3) is 0 Å². The third-order valence-electron chi connectivity index (χ3n) is 4.65. The van der Waals surface area contributed by atoms with Gasteiger partial charge in [-0.1, -0.05) is 29.8 Å². The smallest absolute Gasteiger partial charge is 0.226 e. The van der Waals surface area contributed by atoms with Gasteiger partial charge >= 0.3 is 0 Å². The number of aromatic nitrogens is 2. The minimum absolute atomic E-state index is 0.00487. The minimum Gasteiger partial charge on any atom is -0.464 e. The number of nitriles is 2. The number of nitrogens with two attached hydrogens (primary N) is 1. The van der Waals surface area contributed by atoms with Gasteiger partial charge in [-0.2, -0.15) is 10.5 Å². The molecule has 3 aromatic heterocycles. The van der Waals surface area contributed by atoms with Crippen LogP contribution in [0.3, 0.4) is 0 Å². The third-order valence-corrected chi connectivity index (χ3v) is 6.72. The zero-order valence-corrected chi connectivity index (χ0v) is 19.8. The van der Waals surface area contributed by atoms with Crippen LogP contribution in [0.5, 0.6) is 0 Å². The number of amides is 1. The number of furan rings is 1. The topological polar surface area (TPSA) is 142 Å². The van der Waals surface area contributed by atoms with Crippen LogP contribution >= 0.6 is 34.7 Å². The molecule has 0 saturated carbocycles. The standard InChI is InChI=1S/C23H15ClN6O2S2/c24-16-5-2-1-4-13(16)17-12-34-23(28-17)29-19(31)7-9-33-22-15(11-26)20(18-6-3-8-32-18)14(10-25)21(27)30-22/h1-6,8,12H,7,9H2,(H2,27,30)(H,28,29,31). The van der Waals surface area contributed by atoms with E-state index in [-0.39, 0.29) is 29.3 Å². The lowest BCUT2D eigenvalue weighted by Crippen LogP contribution is -2.12. The molecule has 1 aromatic carbocycles. The molecule has 168 valence electrons. The number of halogens is 1. The Morgan fingerprint density at radius 3 is 2.68 bits per heavy atom. The normalized spacial score (nSPS) is 10.4. The second-order valence-corrected chi connectivity index (χ2v) is 9.14. The Kier molecular flexibility index (Phi) is 7.14. The molecule has 1 amide bonds. The van der Waals surface area contributed by atoms with E-state index < -0.39 is 0 Å². The predicted molar refractivity (Wildman–Crippen MR) is 132 cm³/mol. The van der Waals surface area contributed by atoms with Crippen molar-refractivity contribution in [3.8, 4) is 34.7 Å². The molecule has 0 radical (unpaired) electrons. The van der Waals surface area contributed by atoms with Crippen molar-refractivity contribution in [1.82, 2.24) is 9.97 Å². The Morgan fingerprint density at radius 1 is 1.18 bits per heavy atom. The summed E-state index contributed by atoms with van der Waals surface area (Å²) < 4.78 is 5.39. The molecule has 0 atom stereocenters. The van der Waals surface area contributed by atoms with E-state index in [2.05, 4.69) is 21.4 Å². The van der Waals surface area contributed by atoms with E-state index in [1.807, 2.05) is 29.6 Å². The molecule has 34 heavy (non-hydrogen) atoms. The van der Waals surface area contributed by atoms with Gasteiger partial charge in [0.05, 0.1) is 23.1 Å². The van der Waals surface area contributed by atoms with Gasteiger partial charge in [-0.3, -0.25) is 4.79 Å². The Labute approximate surface area is 208 Å². The molecule has 0 aliphatic rings. The van der Waals surface area contributed by atoms with E-state index in [1.165, 1.54) is 29.4 Å². The highest BCUT2D eigenvalue weighted by molar-refractivity contribution is 7.99. The van der Waals surface area contributed by atoms with Crippen molar-refractivity contribution in [2.75, 3.05) is 16.8 Å². The van der Waals surface area contributed by atoms with Gasteiger partial charge in [-0.25, -0.2) is 9.97 Å². The highest BCUT2D eigenvalue weighted by Gasteiger charge is 2.22. The van der Waals surface area contributed by atoms with Crippen LogP contribution in [0.2, 0.25) is 5.02 Å². The van der Waals surface area contributed by atoms with E-state index in [0.29, 0.717) is 38.0 Å². The molecule has 11 heteroatoms. The number of hydrogen-bond donors (Lipinski definition) is 2. The van der Waals surface area contributed by atoms with Gasteiger partial charge in [0.1, 0.15) is 34.3 Å². The summed E-state index contributed by atoms with van der Waals surface area (Å²) in [7, 11) is 0. The third kappa shape index (κ3) is 4.90. The van der Waals surface area contributed by atoms with Crippen molar-refractivity contribution in [2.45, 2.75) is 11.4 Å². The molecule has 8 nitrogen and oxygen atoms in total. The second kappa shape index (κ2) is 10.4. The number of pyridine rings is 1. The highest BCUT2D eigenvalue weighted by atomic mass is 35.5. The van der Waals surface area contributed by atoms with E-state index >= 15 is 0 Å². The second-order valence-electron chi connectivity index (χ2n) is 6.79. The molecule has 4 rings (SSSR count). The van der Waals surface area contributed by atoms with E-state index in [4.69, 9.17) is 21.8 Å². The number of thioether (sulfide) groups is 1. The molecule has 0 spiro atoms. The Balaban J connectivity index is 1.44. The molecular formula is C23H15ClN6O2S2. The average molecular weight is 507 g/mol. The fourth-order valence-corrected chi connectivity index (χ4v) is 5.01. The molecule has 0 aliphatic heterocycles. The van der Waals surface area contributed by atoms with Gasteiger partial charge in [0.15, 0.2) is 5.13 Å². The molecule has 0 saturated heterocycles. The number of hydrogen-bond acceptors (Lipinski definition) is 9. The number of thiazole rings is 1. The summed E-state index contributed by atoms with van der Waals surface area (Å²) in [5.74, 6) is 0.438. The van der Waals surface area contributed by atoms with Crippen LogP contribution in [0, 0.1) is 22.7 Å². The van der Waals surface area contributed by atoms with Crippen molar-refractivity contribution in [1.29, 1.82) is 10.5 Å².